The molecule has 0 saturated heterocycles. The minimum Gasteiger partial charge on any atom is -0.497 e. The lowest BCUT2D eigenvalue weighted by Crippen LogP contribution is -2.33. The van der Waals surface area contributed by atoms with Gasteiger partial charge in [-0.15, -0.1) is 0 Å². The van der Waals surface area contributed by atoms with E-state index in [4.69, 9.17) is 14.9 Å². The number of furan rings is 1. The summed E-state index contributed by atoms with van der Waals surface area (Å²) >= 11 is 0. The Labute approximate surface area is 173 Å². The highest BCUT2D eigenvalue weighted by molar-refractivity contribution is 5.68. The van der Waals surface area contributed by atoms with Crippen LogP contribution in [0, 0.1) is 0 Å². The number of nitrogen functional groups attached to an aromatic ring is 1. The third-order valence-corrected chi connectivity index (χ3v) is 5.49. The van der Waals surface area contributed by atoms with Gasteiger partial charge in [0.25, 0.3) is 0 Å². The number of anilines is 1. The van der Waals surface area contributed by atoms with E-state index >= 15 is 0 Å². The van der Waals surface area contributed by atoms with E-state index < -0.39 is 0 Å². The second-order valence-corrected chi connectivity index (χ2v) is 7.31. The van der Waals surface area contributed by atoms with Crippen molar-refractivity contribution in [2.75, 3.05) is 25.9 Å². The smallest absolute Gasteiger partial charge is 0.192 e. The lowest BCUT2D eigenvalue weighted by Gasteiger charge is -2.29. The van der Waals surface area contributed by atoms with Gasteiger partial charge in [-0.25, -0.2) is 9.67 Å². The summed E-state index contributed by atoms with van der Waals surface area (Å²) in [6.45, 7) is 3.48. The highest BCUT2D eigenvalue weighted by Gasteiger charge is 2.19. The molecule has 0 radical (unpaired) electrons. The number of ether oxygens (including phenoxy) is 1. The third-order valence-electron chi connectivity index (χ3n) is 5.49. The topological polar surface area (TPSA) is 111 Å². The summed E-state index contributed by atoms with van der Waals surface area (Å²) in [6, 6.07) is 9.94. The first-order valence-electron chi connectivity index (χ1n) is 9.87. The molecule has 4 heterocycles. The van der Waals surface area contributed by atoms with Crippen molar-refractivity contribution in [3.63, 3.8) is 0 Å². The lowest BCUT2D eigenvalue weighted by atomic mass is 9.99. The van der Waals surface area contributed by atoms with E-state index in [9.17, 15) is 0 Å². The van der Waals surface area contributed by atoms with Gasteiger partial charge in [0.05, 0.1) is 31.7 Å². The molecule has 3 N–H and O–H groups in total. The maximum Gasteiger partial charge on any atom is 0.192 e. The quantitative estimate of drug-likeness (QED) is 0.507. The van der Waals surface area contributed by atoms with E-state index in [0.29, 0.717) is 35.3 Å². The maximum absolute atomic E-state index is 6.34. The number of fused-ring (bicyclic) bond motifs is 1. The van der Waals surface area contributed by atoms with Gasteiger partial charge in [0.2, 0.25) is 0 Å². The van der Waals surface area contributed by atoms with Crippen LogP contribution in [0.2, 0.25) is 0 Å². The number of hydrogen-bond acceptors (Lipinski definition) is 7. The van der Waals surface area contributed by atoms with Gasteiger partial charge in [0.1, 0.15) is 11.6 Å². The second kappa shape index (κ2) is 7.68. The van der Waals surface area contributed by atoms with Crippen molar-refractivity contribution >= 4 is 5.82 Å². The Hall–Kier alpha value is -3.59. The first kappa shape index (κ1) is 18.4. The average molecular weight is 405 g/mol. The number of aromatic nitrogens is 5. The van der Waals surface area contributed by atoms with Crippen LogP contribution in [0.4, 0.5) is 5.82 Å². The molecule has 0 aliphatic carbocycles. The zero-order chi connectivity index (χ0) is 20.5. The van der Waals surface area contributed by atoms with Gasteiger partial charge in [-0.1, -0.05) is 6.07 Å². The molecule has 4 aromatic rings. The number of aromatic amines is 1. The number of H-pyrrole nitrogens is 1. The molecule has 9 heteroatoms. The number of nitrogens with one attached hydrogen (secondary N) is 1. The van der Waals surface area contributed by atoms with Crippen LogP contribution < -0.4 is 10.5 Å². The number of nitrogens with zero attached hydrogens (tertiary/aromatic N) is 5. The van der Waals surface area contributed by atoms with Gasteiger partial charge >= 0.3 is 0 Å². The summed E-state index contributed by atoms with van der Waals surface area (Å²) in [7, 11) is 1.70. The fourth-order valence-electron chi connectivity index (χ4n) is 3.79. The summed E-state index contributed by atoms with van der Waals surface area (Å²) in [4.78, 5) is 6.89. The molecule has 5 rings (SSSR count). The zero-order valence-corrected chi connectivity index (χ0v) is 16.7. The van der Waals surface area contributed by atoms with E-state index in [2.05, 4.69) is 37.3 Å². The molecule has 1 aliphatic heterocycles. The molecule has 0 bridgehead atoms. The Morgan fingerprint density at radius 3 is 3.00 bits per heavy atom. The monoisotopic (exact) mass is 405 g/mol. The van der Waals surface area contributed by atoms with Gasteiger partial charge < -0.3 is 14.9 Å². The van der Waals surface area contributed by atoms with Gasteiger partial charge in [0.15, 0.2) is 17.4 Å². The fraction of sp³-hybridized carbons (Fsp3) is 0.286. The first-order valence-corrected chi connectivity index (χ1v) is 9.87. The average Bonchev–Trinajstić information content (AvgIpc) is 3.52. The molecule has 0 fully saturated rings. The summed E-state index contributed by atoms with van der Waals surface area (Å²) in [5.41, 5.74) is 9.76. The van der Waals surface area contributed by atoms with Crippen molar-refractivity contribution < 1.29 is 9.15 Å². The lowest BCUT2D eigenvalue weighted by molar-refractivity contribution is 0.240. The Morgan fingerprint density at radius 2 is 2.17 bits per heavy atom. The summed E-state index contributed by atoms with van der Waals surface area (Å²) in [5, 5.41) is 11.6. The van der Waals surface area contributed by atoms with Crippen LogP contribution in [-0.4, -0.2) is 50.1 Å². The number of rotatable bonds is 6. The molecular weight excluding hydrogens is 382 g/mol. The van der Waals surface area contributed by atoms with Crippen LogP contribution in [0.25, 0.3) is 23.0 Å². The molecule has 0 atom stereocenters. The van der Waals surface area contributed by atoms with Crippen molar-refractivity contribution in [1.82, 2.24) is 29.9 Å². The van der Waals surface area contributed by atoms with E-state index in [1.807, 2.05) is 16.8 Å². The van der Waals surface area contributed by atoms with Crippen molar-refractivity contribution in [1.29, 1.82) is 0 Å². The molecule has 0 saturated carbocycles. The normalized spacial score (nSPS) is 14.0. The molecule has 1 aromatic carbocycles. The van der Waals surface area contributed by atoms with Gasteiger partial charge in [-0.3, -0.25) is 10.00 Å². The Morgan fingerprint density at radius 1 is 1.23 bits per heavy atom. The highest BCUT2D eigenvalue weighted by Crippen LogP contribution is 2.26. The number of methoxy groups -OCH3 is 1. The first-order chi connectivity index (χ1) is 14.7. The van der Waals surface area contributed by atoms with Gasteiger partial charge in [-0.05, 0) is 41.8 Å². The molecular formula is C21H23N7O2. The fourth-order valence-corrected chi connectivity index (χ4v) is 3.79. The van der Waals surface area contributed by atoms with Crippen LogP contribution in [0.5, 0.6) is 5.75 Å². The minimum atomic E-state index is 0.506. The Bertz CT molecular complexity index is 1150. The molecule has 30 heavy (non-hydrogen) atoms. The number of benzene rings is 1. The van der Waals surface area contributed by atoms with Crippen LogP contribution in [0.1, 0.15) is 11.1 Å². The van der Waals surface area contributed by atoms with Crippen molar-refractivity contribution in [2.45, 2.75) is 19.5 Å². The van der Waals surface area contributed by atoms with Gasteiger partial charge in [-0.2, -0.15) is 10.2 Å². The van der Waals surface area contributed by atoms with Crippen molar-refractivity contribution in [3.05, 3.63) is 53.9 Å². The zero-order valence-electron chi connectivity index (χ0n) is 16.7. The molecule has 0 amide bonds. The summed E-state index contributed by atoms with van der Waals surface area (Å²) < 4.78 is 12.5. The summed E-state index contributed by atoms with van der Waals surface area (Å²) in [5.74, 6) is 3.17. The van der Waals surface area contributed by atoms with Crippen LogP contribution in [-0.2, 0) is 19.5 Å². The van der Waals surface area contributed by atoms with Crippen molar-refractivity contribution in [2.24, 2.45) is 0 Å². The largest absolute Gasteiger partial charge is 0.497 e. The molecule has 9 nitrogen and oxygen atoms in total. The molecule has 0 spiro atoms. The van der Waals surface area contributed by atoms with Gasteiger partial charge in [0, 0.05) is 19.6 Å². The Kier molecular flexibility index (Phi) is 4.72. The van der Waals surface area contributed by atoms with E-state index in [0.717, 1.165) is 31.8 Å². The van der Waals surface area contributed by atoms with E-state index in [1.165, 1.54) is 11.1 Å². The SMILES string of the molecule is COc1ccc2c(c1)CCN(CCn1ncc(-c3n[nH]c(-c4ccco4)n3)c1N)C2. The van der Waals surface area contributed by atoms with Crippen molar-refractivity contribution in [3.8, 4) is 28.7 Å². The predicted molar refractivity (Wildman–Crippen MR) is 112 cm³/mol. The molecule has 0 unspecified atom stereocenters. The number of hydrogen-bond donors (Lipinski definition) is 2. The predicted octanol–water partition coefficient (Wildman–Crippen LogP) is 2.58. The van der Waals surface area contributed by atoms with Crippen LogP contribution in [0.3, 0.4) is 0 Å². The standard InChI is InChI=1S/C21H23N7O2/c1-29-16-5-4-15-13-27(7-6-14(15)11-16)8-9-28-19(22)17(12-23-28)20-24-21(26-25-20)18-3-2-10-30-18/h2-5,10-12H,6-9,13,22H2,1H3,(H,24,25,26). The van der Waals surface area contributed by atoms with Crippen LogP contribution in [0.15, 0.2) is 47.2 Å². The molecule has 154 valence electrons. The molecule has 1 aliphatic rings. The van der Waals surface area contributed by atoms with E-state index in [1.54, 1.807) is 25.6 Å². The Balaban J connectivity index is 1.25. The third kappa shape index (κ3) is 3.43. The highest BCUT2D eigenvalue weighted by atomic mass is 16.5. The van der Waals surface area contributed by atoms with E-state index in [-0.39, 0.29) is 0 Å². The second-order valence-electron chi connectivity index (χ2n) is 7.31. The molecule has 3 aromatic heterocycles. The number of nitrogens with two attached hydrogens (primary N) is 1. The minimum absolute atomic E-state index is 0.506. The summed E-state index contributed by atoms with van der Waals surface area (Å²) in [6.07, 6.45) is 4.32. The maximum atomic E-state index is 6.34. The van der Waals surface area contributed by atoms with Crippen LogP contribution >= 0.6 is 0 Å².